The van der Waals surface area contributed by atoms with Gasteiger partial charge in [0.15, 0.2) is 0 Å². The van der Waals surface area contributed by atoms with Crippen LogP contribution in [0.15, 0.2) is 23.1 Å². The number of hydrogen-bond acceptors (Lipinski definition) is 2. The molecule has 1 aromatic carbocycles. The molecular formula is C12H18NO3S. The Morgan fingerprint density at radius 3 is 2.53 bits per heavy atom. The van der Waals surface area contributed by atoms with Crippen LogP contribution in [-0.2, 0) is 16.5 Å². The number of rotatable bonds is 6. The number of aryl methyl sites for hydroxylation is 1. The molecule has 0 unspecified atom stereocenters. The van der Waals surface area contributed by atoms with E-state index in [1.807, 2.05) is 0 Å². The molecule has 0 heterocycles. The second kappa shape index (κ2) is 6.02. The first-order chi connectivity index (χ1) is 7.95. The predicted molar refractivity (Wildman–Crippen MR) is 66.9 cm³/mol. The van der Waals surface area contributed by atoms with Crippen LogP contribution in [0.25, 0.3) is 0 Å². The van der Waals surface area contributed by atoms with Gasteiger partial charge in [-0.3, -0.25) is 4.55 Å². The third-order valence-corrected chi connectivity index (χ3v) is 3.58. The number of unbranched alkanes of at least 4 members (excludes halogenated alkanes) is 3. The van der Waals surface area contributed by atoms with Gasteiger partial charge in [-0.1, -0.05) is 32.3 Å². The predicted octanol–water partition coefficient (Wildman–Crippen LogP) is 2.97. The Morgan fingerprint density at radius 2 is 1.94 bits per heavy atom. The van der Waals surface area contributed by atoms with Crippen LogP contribution in [-0.4, -0.2) is 13.0 Å². The molecular weight excluding hydrogens is 238 g/mol. The molecule has 0 bridgehead atoms. The van der Waals surface area contributed by atoms with Gasteiger partial charge in [0.2, 0.25) is 0 Å². The summed E-state index contributed by atoms with van der Waals surface area (Å²) in [5, 5.41) is 0. The van der Waals surface area contributed by atoms with Crippen LogP contribution < -0.4 is 5.73 Å². The minimum atomic E-state index is -4.22. The normalized spacial score (nSPS) is 11.6. The zero-order valence-electron chi connectivity index (χ0n) is 9.94. The summed E-state index contributed by atoms with van der Waals surface area (Å²) in [6.07, 6.45) is 4.81. The zero-order chi connectivity index (χ0) is 12.9. The van der Waals surface area contributed by atoms with Crippen LogP contribution in [0.2, 0.25) is 0 Å². The summed E-state index contributed by atoms with van der Waals surface area (Å²) in [5.74, 6) is 0. The Kier molecular flexibility index (Phi) is 4.96. The van der Waals surface area contributed by atoms with Gasteiger partial charge in [-0.15, -0.1) is 0 Å². The summed E-state index contributed by atoms with van der Waals surface area (Å²) in [6.45, 7) is 2.11. The lowest BCUT2D eigenvalue weighted by Crippen LogP contribution is -2.03. The van der Waals surface area contributed by atoms with Crippen LogP contribution in [0.4, 0.5) is 5.69 Å². The van der Waals surface area contributed by atoms with Gasteiger partial charge in [0.1, 0.15) is 0 Å². The van der Waals surface area contributed by atoms with Gasteiger partial charge in [-0.25, -0.2) is 0 Å². The summed E-state index contributed by atoms with van der Waals surface area (Å²) in [5.41, 5.74) is 8.07. The van der Waals surface area contributed by atoms with Crippen molar-refractivity contribution in [3.05, 3.63) is 23.8 Å². The molecule has 1 radical (unpaired) electrons. The van der Waals surface area contributed by atoms with Crippen LogP contribution in [0, 0.1) is 0 Å². The quantitative estimate of drug-likeness (QED) is 0.627. The first-order valence-corrected chi connectivity index (χ1v) is 7.21. The topological polar surface area (TPSA) is 78.2 Å². The molecule has 0 aliphatic heterocycles. The van der Waals surface area contributed by atoms with E-state index in [1.165, 1.54) is 6.07 Å². The molecule has 0 saturated heterocycles. The van der Waals surface area contributed by atoms with Gasteiger partial charge in [-0.2, -0.15) is 8.42 Å². The van der Waals surface area contributed by atoms with E-state index in [0.29, 0.717) is 12.0 Å². The Hall–Kier alpha value is -1.07. The largest absolute Gasteiger partial charge is 0.301 e. The van der Waals surface area contributed by atoms with E-state index in [0.717, 1.165) is 25.7 Å². The van der Waals surface area contributed by atoms with Gasteiger partial charge >= 0.3 is 0 Å². The van der Waals surface area contributed by atoms with Gasteiger partial charge in [-0.05, 0) is 30.5 Å². The van der Waals surface area contributed by atoms with Crippen molar-refractivity contribution in [1.29, 1.82) is 0 Å². The highest BCUT2D eigenvalue weighted by atomic mass is 32.2. The summed E-state index contributed by atoms with van der Waals surface area (Å²) in [7, 11) is -4.22. The molecule has 0 aliphatic carbocycles. The standard InChI is InChI=1S/C12H18NO3S/c1-2-3-4-5-6-10-7-8-11(13)9-12(10)17(14,15)16/h7-9,13H,2-6H2,1H3,(H,14,15,16). The average Bonchev–Trinajstić information content (AvgIpc) is 2.25. The molecule has 0 amide bonds. The van der Waals surface area contributed by atoms with Crippen molar-refractivity contribution in [2.24, 2.45) is 0 Å². The molecule has 0 aliphatic rings. The zero-order valence-corrected chi connectivity index (χ0v) is 10.8. The number of nitrogens with one attached hydrogen (secondary N) is 1. The van der Waals surface area contributed by atoms with Gasteiger partial charge in [0.25, 0.3) is 10.1 Å². The van der Waals surface area contributed by atoms with Crippen molar-refractivity contribution in [1.82, 2.24) is 5.73 Å². The lowest BCUT2D eigenvalue weighted by atomic mass is 10.1. The van der Waals surface area contributed by atoms with E-state index in [-0.39, 0.29) is 10.6 Å². The Balaban J connectivity index is 2.84. The maximum absolute atomic E-state index is 11.2. The molecule has 0 spiro atoms. The molecule has 0 fully saturated rings. The lowest BCUT2D eigenvalue weighted by molar-refractivity contribution is 0.481. The number of hydrogen-bond donors (Lipinski definition) is 1. The summed E-state index contributed by atoms with van der Waals surface area (Å²) in [6, 6.07) is 4.35. The highest BCUT2D eigenvalue weighted by Crippen LogP contribution is 2.21. The fourth-order valence-corrected chi connectivity index (χ4v) is 2.52. The smallest absolute Gasteiger partial charge is 0.294 e. The van der Waals surface area contributed by atoms with Crippen LogP contribution >= 0.6 is 0 Å². The third-order valence-electron chi connectivity index (χ3n) is 2.64. The van der Waals surface area contributed by atoms with Gasteiger partial charge in [0.05, 0.1) is 10.6 Å². The summed E-state index contributed by atoms with van der Waals surface area (Å²) in [4.78, 5) is -0.124. The average molecular weight is 256 g/mol. The number of benzene rings is 1. The minimum Gasteiger partial charge on any atom is -0.301 e. The highest BCUT2D eigenvalue weighted by molar-refractivity contribution is 7.85. The van der Waals surface area contributed by atoms with E-state index in [1.54, 1.807) is 12.1 Å². The molecule has 0 saturated carbocycles. The Bertz CT molecular complexity index is 469. The van der Waals surface area contributed by atoms with E-state index in [9.17, 15) is 8.42 Å². The first kappa shape index (κ1) is 14.0. The second-order valence-corrected chi connectivity index (χ2v) is 5.50. The van der Waals surface area contributed by atoms with Crippen LogP contribution in [0.3, 0.4) is 0 Å². The van der Waals surface area contributed by atoms with E-state index < -0.39 is 10.1 Å². The molecule has 17 heavy (non-hydrogen) atoms. The molecule has 1 rings (SSSR count). The molecule has 5 heteroatoms. The van der Waals surface area contributed by atoms with Crippen LogP contribution in [0.5, 0.6) is 0 Å². The highest BCUT2D eigenvalue weighted by Gasteiger charge is 2.15. The fourth-order valence-electron chi connectivity index (χ4n) is 1.74. The molecule has 95 valence electrons. The van der Waals surface area contributed by atoms with Crippen LogP contribution in [0.1, 0.15) is 38.2 Å². The lowest BCUT2D eigenvalue weighted by Gasteiger charge is -2.07. The van der Waals surface area contributed by atoms with Crippen molar-refractivity contribution in [2.45, 2.75) is 43.9 Å². The minimum absolute atomic E-state index is 0.0925. The van der Waals surface area contributed by atoms with Crippen molar-refractivity contribution in [3.8, 4) is 0 Å². The van der Waals surface area contributed by atoms with Gasteiger partial charge < -0.3 is 5.73 Å². The molecule has 4 nitrogen and oxygen atoms in total. The molecule has 0 aromatic heterocycles. The van der Waals surface area contributed by atoms with Crippen molar-refractivity contribution < 1.29 is 13.0 Å². The summed E-state index contributed by atoms with van der Waals surface area (Å²) >= 11 is 0. The summed E-state index contributed by atoms with van der Waals surface area (Å²) < 4.78 is 31.4. The van der Waals surface area contributed by atoms with Crippen molar-refractivity contribution in [2.75, 3.05) is 0 Å². The SMILES string of the molecule is CCCCCCc1ccc([NH])cc1S(=O)(=O)O. The maximum atomic E-state index is 11.2. The van der Waals surface area contributed by atoms with E-state index in [4.69, 9.17) is 10.3 Å². The molecule has 1 aromatic rings. The monoisotopic (exact) mass is 256 g/mol. The third kappa shape index (κ3) is 4.36. The maximum Gasteiger partial charge on any atom is 0.294 e. The van der Waals surface area contributed by atoms with Gasteiger partial charge in [0, 0.05) is 0 Å². The second-order valence-electron chi connectivity index (χ2n) is 4.11. The Labute approximate surface area is 103 Å². The molecule has 2 N–H and O–H groups in total. The van der Waals surface area contributed by atoms with E-state index >= 15 is 0 Å². The Morgan fingerprint density at radius 1 is 1.24 bits per heavy atom. The van der Waals surface area contributed by atoms with E-state index in [2.05, 4.69) is 6.92 Å². The first-order valence-electron chi connectivity index (χ1n) is 5.77. The fraction of sp³-hybridized carbons (Fsp3) is 0.500. The van der Waals surface area contributed by atoms with Crippen molar-refractivity contribution >= 4 is 15.8 Å². The van der Waals surface area contributed by atoms with Crippen molar-refractivity contribution in [3.63, 3.8) is 0 Å². The molecule has 0 atom stereocenters.